The Balaban J connectivity index is 1.36. The quantitative estimate of drug-likeness (QED) is 0.767. The van der Waals surface area contributed by atoms with E-state index in [0.717, 1.165) is 50.3 Å². The zero-order valence-corrected chi connectivity index (χ0v) is 14.6. The monoisotopic (exact) mass is 346 g/mol. The first-order chi connectivity index (χ1) is 12.9. The molecule has 0 atom stereocenters. The van der Waals surface area contributed by atoms with Crippen LogP contribution in [-0.4, -0.2) is 41.1 Å². The van der Waals surface area contributed by atoms with Crippen LogP contribution in [0.5, 0.6) is 0 Å². The average molecular weight is 346 g/mol. The lowest BCUT2D eigenvalue weighted by atomic mass is 10.2. The van der Waals surface area contributed by atoms with E-state index in [0.29, 0.717) is 0 Å². The Kier molecular flexibility index (Phi) is 4.91. The zero-order chi connectivity index (χ0) is 17.6. The normalized spacial score (nSPS) is 14.3. The molecule has 1 aromatic carbocycles. The summed E-state index contributed by atoms with van der Waals surface area (Å²) in [6.45, 7) is 4.37. The second kappa shape index (κ2) is 7.82. The highest BCUT2D eigenvalue weighted by atomic mass is 15.3. The summed E-state index contributed by atoms with van der Waals surface area (Å²) in [5, 5.41) is 3.38. The second-order valence-corrected chi connectivity index (χ2v) is 6.24. The summed E-state index contributed by atoms with van der Waals surface area (Å²) in [6.07, 6.45) is 3.66. The molecule has 4 rings (SSSR count). The number of anilines is 3. The van der Waals surface area contributed by atoms with E-state index in [1.54, 1.807) is 0 Å². The highest BCUT2D eigenvalue weighted by Crippen LogP contribution is 2.17. The fourth-order valence-corrected chi connectivity index (χ4v) is 3.06. The van der Waals surface area contributed by atoms with Crippen molar-refractivity contribution in [1.29, 1.82) is 0 Å². The first kappa shape index (κ1) is 16.3. The Hall–Kier alpha value is -3.15. The molecule has 0 unspecified atom stereocenters. The molecule has 6 nitrogen and oxygen atoms in total. The standard InChI is InChI=1S/C20H22N6/c1-2-6-17(7-3-1)16-23-18-9-11-22-20(24-18)26-14-12-25(13-15-26)19-8-4-5-10-21-19/h1-11H,12-16H2,(H,22,23,24). The van der Waals surface area contributed by atoms with Crippen LogP contribution in [0, 0.1) is 0 Å². The third kappa shape index (κ3) is 3.91. The molecular formula is C20H22N6. The molecule has 1 N–H and O–H groups in total. The van der Waals surface area contributed by atoms with Crippen LogP contribution in [0.3, 0.4) is 0 Å². The largest absolute Gasteiger partial charge is 0.366 e. The Morgan fingerprint density at radius 2 is 1.54 bits per heavy atom. The molecule has 0 bridgehead atoms. The molecule has 26 heavy (non-hydrogen) atoms. The van der Waals surface area contributed by atoms with E-state index >= 15 is 0 Å². The summed E-state index contributed by atoms with van der Waals surface area (Å²) < 4.78 is 0. The minimum absolute atomic E-state index is 0.755. The van der Waals surface area contributed by atoms with E-state index < -0.39 is 0 Å². The van der Waals surface area contributed by atoms with Crippen LogP contribution in [0.2, 0.25) is 0 Å². The molecule has 1 saturated heterocycles. The molecule has 3 heterocycles. The Bertz CT molecular complexity index is 816. The number of pyridine rings is 1. The predicted octanol–water partition coefficient (Wildman–Crippen LogP) is 2.81. The van der Waals surface area contributed by atoms with Gasteiger partial charge in [0, 0.05) is 45.1 Å². The summed E-state index contributed by atoms with van der Waals surface area (Å²) in [6, 6.07) is 18.3. The van der Waals surface area contributed by atoms with E-state index in [1.807, 2.05) is 48.8 Å². The molecule has 132 valence electrons. The smallest absolute Gasteiger partial charge is 0.227 e. The van der Waals surface area contributed by atoms with E-state index in [2.05, 4.69) is 48.3 Å². The van der Waals surface area contributed by atoms with Gasteiger partial charge in [0.2, 0.25) is 5.95 Å². The van der Waals surface area contributed by atoms with Gasteiger partial charge in [-0.15, -0.1) is 0 Å². The lowest BCUT2D eigenvalue weighted by molar-refractivity contribution is 0.635. The van der Waals surface area contributed by atoms with E-state index in [4.69, 9.17) is 0 Å². The van der Waals surface area contributed by atoms with Gasteiger partial charge in [0.1, 0.15) is 11.6 Å². The third-order valence-electron chi connectivity index (χ3n) is 4.50. The van der Waals surface area contributed by atoms with Crippen molar-refractivity contribution >= 4 is 17.6 Å². The zero-order valence-electron chi connectivity index (χ0n) is 14.6. The van der Waals surface area contributed by atoms with Gasteiger partial charge in [-0.05, 0) is 23.8 Å². The lowest BCUT2D eigenvalue weighted by Crippen LogP contribution is -2.47. The number of rotatable bonds is 5. The summed E-state index contributed by atoms with van der Waals surface area (Å²) >= 11 is 0. The van der Waals surface area contributed by atoms with Crippen LogP contribution in [-0.2, 0) is 6.54 Å². The van der Waals surface area contributed by atoms with Crippen LogP contribution in [0.4, 0.5) is 17.6 Å². The van der Waals surface area contributed by atoms with Crippen LogP contribution in [0.1, 0.15) is 5.56 Å². The first-order valence-corrected chi connectivity index (χ1v) is 8.90. The molecule has 1 aliphatic heterocycles. The molecule has 0 aliphatic carbocycles. The SMILES string of the molecule is c1ccc(CNc2ccnc(N3CCN(c4ccccn4)CC3)n2)cc1. The number of nitrogens with zero attached hydrogens (tertiary/aromatic N) is 5. The Morgan fingerprint density at radius 1 is 0.769 bits per heavy atom. The topological polar surface area (TPSA) is 57.2 Å². The molecule has 3 aromatic rings. The maximum absolute atomic E-state index is 4.68. The van der Waals surface area contributed by atoms with Crippen molar-refractivity contribution in [2.75, 3.05) is 41.3 Å². The highest BCUT2D eigenvalue weighted by Gasteiger charge is 2.19. The minimum atomic E-state index is 0.755. The van der Waals surface area contributed by atoms with Crippen LogP contribution >= 0.6 is 0 Å². The number of piperazine rings is 1. The van der Waals surface area contributed by atoms with Gasteiger partial charge in [0.05, 0.1) is 0 Å². The van der Waals surface area contributed by atoms with Crippen molar-refractivity contribution in [3.63, 3.8) is 0 Å². The fraction of sp³-hybridized carbons (Fsp3) is 0.250. The van der Waals surface area contributed by atoms with Gasteiger partial charge in [-0.3, -0.25) is 0 Å². The van der Waals surface area contributed by atoms with Gasteiger partial charge in [0.15, 0.2) is 0 Å². The minimum Gasteiger partial charge on any atom is -0.366 e. The van der Waals surface area contributed by atoms with Crippen LogP contribution in [0.15, 0.2) is 67.0 Å². The molecule has 0 saturated carbocycles. The van der Waals surface area contributed by atoms with Crippen LogP contribution < -0.4 is 15.1 Å². The summed E-state index contributed by atoms with van der Waals surface area (Å²) in [5.74, 6) is 2.67. The van der Waals surface area contributed by atoms with Gasteiger partial charge in [-0.2, -0.15) is 4.98 Å². The molecule has 0 amide bonds. The number of hydrogen-bond acceptors (Lipinski definition) is 6. The molecule has 1 aliphatic rings. The maximum atomic E-state index is 4.68. The third-order valence-corrected chi connectivity index (χ3v) is 4.50. The van der Waals surface area contributed by atoms with Gasteiger partial charge >= 0.3 is 0 Å². The number of benzene rings is 1. The second-order valence-electron chi connectivity index (χ2n) is 6.24. The van der Waals surface area contributed by atoms with Gasteiger partial charge in [0.25, 0.3) is 0 Å². The average Bonchev–Trinajstić information content (AvgIpc) is 2.74. The first-order valence-electron chi connectivity index (χ1n) is 8.90. The molecule has 1 fully saturated rings. The van der Waals surface area contributed by atoms with Crippen molar-refractivity contribution in [2.24, 2.45) is 0 Å². The highest BCUT2D eigenvalue weighted by molar-refractivity contribution is 5.45. The van der Waals surface area contributed by atoms with E-state index in [-0.39, 0.29) is 0 Å². The van der Waals surface area contributed by atoms with Gasteiger partial charge < -0.3 is 15.1 Å². The molecular weight excluding hydrogens is 324 g/mol. The van der Waals surface area contributed by atoms with Crippen molar-refractivity contribution in [2.45, 2.75) is 6.54 Å². The maximum Gasteiger partial charge on any atom is 0.227 e. The molecule has 6 heteroatoms. The van der Waals surface area contributed by atoms with E-state index in [9.17, 15) is 0 Å². The Morgan fingerprint density at radius 3 is 2.31 bits per heavy atom. The van der Waals surface area contributed by atoms with Crippen molar-refractivity contribution in [3.05, 3.63) is 72.6 Å². The summed E-state index contributed by atoms with van der Waals surface area (Å²) in [5.41, 5.74) is 1.23. The van der Waals surface area contributed by atoms with E-state index in [1.165, 1.54) is 5.56 Å². The number of aromatic nitrogens is 3. The van der Waals surface area contributed by atoms with Gasteiger partial charge in [-0.1, -0.05) is 36.4 Å². The molecule has 2 aromatic heterocycles. The van der Waals surface area contributed by atoms with Crippen molar-refractivity contribution in [1.82, 2.24) is 15.0 Å². The Labute approximate surface area is 153 Å². The number of hydrogen-bond donors (Lipinski definition) is 1. The predicted molar refractivity (Wildman–Crippen MR) is 104 cm³/mol. The molecule has 0 radical (unpaired) electrons. The van der Waals surface area contributed by atoms with Crippen LogP contribution in [0.25, 0.3) is 0 Å². The fourth-order valence-electron chi connectivity index (χ4n) is 3.06. The summed E-state index contributed by atoms with van der Waals surface area (Å²) in [4.78, 5) is 18.1. The van der Waals surface area contributed by atoms with Crippen molar-refractivity contribution < 1.29 is 0 Å². The molecule has 0 spiro atoms. The van der Waals surface area contributed by atoms with Gasteiger partial charge in [-0.25, -0.2) is 9.97 Å². The summed E-state index contributed by atoms with van der Waals surface area (Å²) in [7, 11) is 0. The van der Waals surface area contributed by atoms with Crippen molar-refractivity contribution in [3.8, 4) is 0 Å². The lowest BCUT2D eigenvalue weighted by Gasteiger charge is -2.35. The number of nitrogens with one attached hydrogen (secondary N) is 1.